The number of nitrogens with one attached hydrogen (secondary N) is 1. The summed E-state index contributed by atoms with van der Waals surface area (Å²) in [5, 5.41) is 3.14. The molecule has 0 aromatic rings. The number of hydroxylamine groups is 2. The number of amides is 3. The molecule has 1 N–H and O–H groups in total. The van der Waals surface area contributed by atoms with Crippen LogP contribution in [-0.4, -0.2) is 29.5 Å². The van der Waals surface area contributed by atoms with Gasteiger partial charge in [-0.05, 0) is 24.7 Å². The third-order valence-corrected chi connectivity index (χ3v) is 4.12. The SMILES string of the molecule is CCCNC(=O)ON1C(=O)C2C3C=CC(C3)C2C1=O. The Morgan fingerprint density at radius 3 is 2.42 bits per heavy atom. The average molecular weight is 264 g/mol. The van der Waals surface area contributed by atoms with E-state index in [4.69, 9.17) is 4.84 Å². The van der Waals surface area contributed by atoms with Gasteiger partial charge < -0.3 is 10.2 Å². The number of allylic oxidation sites excluding steroid dienone is 2. The fourth-order valence-corrected chi connectivity index (χ4v) is 3.31. The summed E-state index contributed by atoms with van der Waals surface area (Å²) in [5.74, 6) is -1.17. The normalized spacial score (nSPS) is 34.9. The number of hydrogen-bond donors (Lipinski definition) is 1. The van der Waals surface area contributed by atoms with Gasteiger partial charge in [-0.3, -0.25) is 9.59 Å². The number of imide groups is 1. The Morgan fingerprint density at radius 2 is 1.89 bits per heavy atom. The van der Waals surface area contributed by atoms with Crippen molar-refractivity contribution < 1.29 is 19.2 Å². The van der Waals surface area contributed by atoms with E-state index in [9.17, 15) is 14.4 Å². The molecule has 102 valence electrons. The minimum atomic E-state index is -0.746. The molecule has 2 aliphatic carbocycles. The molecule has 3 aliphatic rings. The first-order valence-corrected chi connectivity index (χ1v) is 6.65. The van der Waals surface area contributed by atoms with Crippen molar-refractivity contribution in [2.24, 2.45) is 23.7 Å². The van der Waals surface area contributed by atoms with Crippen molar-refractivity contribution in [1.29, 1.82) is 0 Å². The lowest BCUT2D eigenvalue weighted by molar-refractivity contribution is -0.174. The summed E-state index contributed by atoms with van der Waals surface area (Å²) in [7, 11) is 0. The lowest BCUT2D eigenvalue weighted by atomic mass is 9.85. The molecule has 4 atom stereocenters. The van der Waals surface area contributed by atoms with Gasteiger partial charge >= 0.3 is 6.09 Å². The Kier molecular flexibility index (Phi) is 2.80. The molecule has 6 heteroatoms. The van der Waals surface area contributed by atoms with Crippen molar-refractivity contribution in [2.45, 2.75) is 19.8 Å². The van der Waals surface area contributed by atoms with Crippen molar-refractivity contribution >= 4 is 17.9 Å². The molecular weight excluding hydrogens is 248 g/mol. The monoisotopic (exact) mass is 264 g/mol. The predicted octanol–water partition coefficient (Wildman–Crippen LogP) is 0.845. The number of carbonyl (C=O) groups is 3. The Labute approximate surface area is 110 Å². The molecule has 2 fully saturated rings. The summed E-state index contributed by atoms with van der Waals surface area (Å²) >= 11 is 0. The van der Waals surface area contributed by atoms with E-state index in [1.54, 1.807) is 0 Å². The van der Waals surface area contributed by atoms with Gasteiger partial charge in [-0.15, -0.1) is 5.06 Å². The topological polar surface area (TPSA) is 75.7 Å². The van der Waals surface area contributed by atoms with Gasteiger partial charge in [0, 0.05) is 6.54 Å². The number of fused-ring (bicyclic) bond motifs is 5. The van der Waals surface area contributed by atoms with E-state index in [0.717, 1.165) is 12.8 Å². The van der Waals surface area contributed by atoms with Crippen LogP contribution in [0.4, 0.5) is 4.79 Å². The van der Waals surface area contributed by atoms with Gasteiger partial charge in [-0.25, -0.2) is 4.79 Å². The number of carbonyl (C=O) groups excluding carboxylic acids is 3. The first kappa shape index (κ1) is 12.2. The van der Waals surface area contributed by atoms with E-state index >= 15 is 0 Å². The molecule has 1 aliphatic heterocycles. The van der Waals surface area contributed by atoms with Gasteiger partial charge in [0.05, 0.1) is 11.8 Å². The second-order valence-corrected chi connectivity index (χ2v) is 5.28. The van der Waals surface area contributed by atoms with Gasteiger partial charge in [-0.2, -0.15) is 0 Å². The van der Waals surface area contributed by atoms with Gasteiger partial charge in [-0.1, -0.05) is 19.1 Å². The second-order valence-electron chi connectivity index (χ2n) is 5.28. The molecule has 6 nitrogen and oxygen atoms in total. The predicted molar refractivity (Wildman–Crippen MR) is 64.3 cm³/mol. The van der Waals surface area contributed by atoms with Crippen molar-refractivity contribution in [2.75, 3.05) is 6.54 Å². The summed E-state index contributed by atoms with van der Waals surface area (Å²) in [6, 6.07) is 0. The molecule has 1 heterocycles. The maximum absolute atomic E-state index is 12.2. The Balaban J connectivity index is 1.70. The van der Waals surface area contributed by atoms with E-state index in [2.05, 4.69) is 5.32 Å². The Morgan fingerprint density at radius 1 is 1.32 bits per heavy atom. The van der Waals surface area contributed by atoms with Gasteiger partial charge in [0.15, 0.2) is 0 Å². The number of nitrogens with zero attached hydrogens (tertiary/aromatic N) is 1. The Bertz CT molecular complexity index is 443. The molecule has 0 spiro atoms. The molecule has 1 saturated heterocycles. The van der Waals surface area contributed by atoms with E-state index in [1.807, 2.05) is 19.1 Å². The van der Waals surface area contributed by atoms with Crippen LogP contribution in [0.1, 0.15) is 19.8 Å². The van der Waals surface area contributed by atoms with Crippen LogP contribution in [-0.2, 0) is 14.4 Å². The van der Waals surface area contributed by atoms with Crippen molar-refractivity contribution in [3.63, 3.8) is 0 Å². The summed E-state index contributed by atoms with van der Waals surface area (Å²) in [6.45, 7) is 2.36. The number of rotatable bonds is 3. The molecule has 0 radical (unpaired) electrons. The fourth-order valence-electron chi connectivity index (χ4n) is 3.31. The summed E-state index contributed by atoms with van der Waals surface area (Å²) < 4.78 is 0. The highest BCUT2D eigenvalue weighted by molar-refractivity contribution is 6.06. The smallest absolute Gasteiger partial charge is 0.320 e. The molecule has 3 amide bonds. The van der Waals surface area contributed by atoms with Crippen LogP contribution < -0.4 is 5.32 Å². The highest BCUT2D eigenvalue weighted by atomic mass is 16.7. The lowest BCUT2D eigenvalue weighted by Gasteiger charge is -2.15. The zero-order valence-electron chi connectivity index (χ0n) is 10.7. The zero-order chi connectivity index (χ0) is 13.6. The van der Waals surface area contributed by atoms with Crippen molar-refractivity contribution in [3.05, 3.63) is 12.2 Å². The second kappa shape index (κ2) is 4.36. The van der Waals surface area contributed by atoms with Crippen LogP contribution in [0.3, 0.4) is 0 Å². The molecule has 0 aromatic heterocycles. The summed E-state index contributed by atoms with van der Waals surface area (Å²) in [5.41, 5.74) is 0. The number of hydrogen-bond acceptors (Lipinski definition) is 4. The maximum atomic E-state index is 12.2. The van der Waals surface area contributed by atoms with Crippen LogP contribution in [0.5, 0.6) is 0 Å². The van der Waals surface area contributed by atoms with Crippen molar-refractivity contribution in [1.82, 2.24) is 10.4 Å². The molecular formula is C13H16N2O4. The van der Waals surface area contributed by atoms with Gasteiger partial charge in [0.2, 0.25) is 0 Å². The van der Waals surface area contributed by atoms with Crippen molar-refractivity contribution in [3.8, 4) is 0 Å². The van der Waals surface area contributed by atoms with E-state index < -0.39 is 6.09 Å². The summed E-state index contributed by atoms with van der Waals surface area (Å²) in [6.07, 6.45) is 4.87. The molecule has 1 saturated carbocycles. The largest absolute Gasteiger partial charge is 0.432 e. The molecule has 19 heavy (non-hydrogen) atoms. The first-order chi connectivity index (χ1) is 9.13. The van der Waals surface area contributed by atoms with Crippen LogP contribution in [0.15, 0.2) is 12.2 Å². The average Bonchev–Trinajstić information content (AvgIpc) is 3.06. The third kappa shape index (κ3) is 1.74. The fraction of sp³-hybridized carbons (Fsp3) is 0.615. The lowest BCUT2D eigenvalue weighted by Crippen LogP contribution is -2.39. The quantitative estimate of drug-likeness (QED) is 0.605. The van der Waals surface area contributed by atoms with E-state index in [-0.39, 0.29) is 35.5 Å². The third-order valence-electron chi connectivity index (χ3n) is 4.12. The molecule has 3 rings (SSSR count). The Hall–Kier alpha value is -1.85. The minimum Gasteiger partial charge on any atom is -0.320 e. The van der Waals surface area contributed by atoms with Crippen LogP contribution in [0.2, 0.25) is 0 Å². The highest BCUT2D eigenvalue weighted by Crippen LogP contribution is 2.52. The molecule has 0 aromatic carbocycles. The van der Waals surface area contributed by atoms with E-state index in [1.165, 1.54) is 0 Å². The first-order valence-electron chi connectivity index (χ1n) is 6.65. The van der Waals surface area contributed by atoms with Crippen LogP contribution in [0.25, 0.3) is 0 Å². The summed E-state index contributed by atoms with van der Waals surface area (Å²) in [4.78, 5) is 40.6. The van der Waals surface area contributed by atoms with Gasteiger partial charge in [0.25, 0.3) is 11.8 Å². The van der Waals surface area contributed by atoms with Crippen LogP contribution in [0, 0.1) is 23.7 Å². The van der Waals surface area contributed by atoms with Gasteiger partial charge in [0.1, 0.15) is 0 Å². The highest BCUT2D eigenvalue weighted by Gasteiger charge is 2.60. The van der Waals surface area contributed by atoms with Crippen LogP contribution >= 0.6 is 0 Å². The van der Waals surface area contributed by atoms with E-state index in [0.29, 0.717) is 11.6 Å². The maximum Gasteiger partial charge on any atom is 0.432 e. The standard InChI is InChI=1S/C13H16N2O4/c1-2-5-14-13(18)19-15-11(16)9-7-3-4-8(6-7)10(9)12(15)17/h3-4,7-10H,2,5-6H2,1H3,(H,14,18). The zero-order valence-corrected chi connectivity index (χ0v) is 10.7. The molecule has 2 bridgehead atoms. The minimum absolute atomic E-state index is 0.124. The molecule has 4 unspecified atom stereocenters.